The molecule has 0 radical (unpaired) electrons. The Labute approximate surface area is 124 Å². The summed E-state index contributed by atoms with van der Waals surface area (Å²) in [6, 6.07) is 10.3. The Morgan fingerprint density at radius 2 is 2.25 bits per heavy atom. The van der Waals surface area contributed by atoms with Gasteiger partial charge in [-0.05, 0) is 48.6 Å². The van der Waals surface area contributed by atoms with Gasteiger partial charge in [0, 0.05) is 22.8 Å². The quantitative estimate of drug-likeness (QED) is 0.673. The SMILES string of the molecule is Cc1ccc(C(NN)C2CCc3cccnc32)cc1Cl. The van der Waals surface area contributed by atoms with Crippen molar-refractivity contribution < 1.29 is 0 Å². The highest BCUT2D eigenvalue weighted by atomic mass is 35.5. The van der Waals surface area contributed by atoms with Crippen molar-refractivity contribution in [2.75, 3.05) is 0 Å². The highest BCUT2D eigenvalue weighted by Gasteiger charge is 2.31. The lowest BCUT2D eigenvalue weighted by atomic mass is 9.91. The van der Waals surface area contributed by atoms with Crippen LogP contribution in [0.3, 0.4) is 0 Å². The predicted octanol–water partition coefficient (Wildman–Crippen LogP) is 3.28. The molecule has 2 atom stereocenters. The molecule has 0 aliphatic heterocycles. The zero-order valence-corrected chi connectivity index (χ0v) is 12.2. The van der Waals surface area contributed by atoms with Gasteiger partial charge in [-0.3, -0.25) is 16.3 Å². The zero-order chi connectivity index (χ0) is 14.1. The zero-order valence-electron chi connectivity index (χ0n) is 11.4. The number of pyridine rings is 1. The van der Waals surface area contributed by atoms with E-state index in [9.17, 15) is 0 Å². The van der Waals surface area contributed by atoms with Crippen LogP contribution < -0.4 is 11.3 Å². The van der Waals surface area contributed by atoms with Crippen molar-refractivity contribution in [1.82, 2.24) is 10.4 Å². The van der Waals surface area contributed by atoms with Crippen molar-refractivity contribution in [2.24, 2.45) is 5.84 Å². The lowest BCUT2D eigenvalue weighted by Crippen LogP contribution is -2.32. The van der Waals surface area contributed by atoms with Crippen LogP contribution in [-0.4, -0.2) is 4.98 Å². The third kappa shape index (κ3) is 2.33. The van der Waals surface area contributed by atoms with Crippen LogP contribution in [0.25, 0.3) is 0 Å². The average molecular weight is 288 g/mol. The number of hydrogen-bond donors (Lipinski definition) is 2. The second kappa shape index (κ2) is 5.52. The van der Waals surface area contributed by atoms with E-state index in [0.29, 0.717) is 5.92 Å². The average Bonchev–Trinajstić information content (AvgIpc) is 2.88. The second-order valence-electron chi connectivity index (χ2n) is 5.35. The number of nitrogens with one attached hydrogen (secondary N) is 1. The molecular formula is C16H18ClN3. The van der Waals surface area contributed by atoms with Crippen LogP contribution in [0.15, 0.2) is 36.5 Å². The minimum absolute atomic E-state index is 0.0456. The first kappa shape index (κ1) is 13.6. The summed E-state index contributed by atoms with van der Waals surface area (Å²) in [5.74, 6) is 6.11. The summed E-state index contributed by atoms with van der Waals surface area (Å²) in [5, 5.41) is 0.780. The first-order chi connectivity index (χ1) is 9.70. The van der Waals surface area contributed by atoms with Crippen molar-refractivity contribution in [3.05, 3.63) is 63.9 Å². The summed E-state index contributed by atoms with van der Waals surface area (Å²) in [6.07, 6.45) is 3.98. The number of nitrogens with zero attached hydrogens (tertiary/aromatic N) is 1. The number of hydrazine groups is 1. The van der Waals surface area contributed by atoms with Gasteiger partial charge in [0.1, 0.15) is 0 Å². The molecule has 20 heavy (non-hydrogen) atoms. The Balaban J connectivity index is 1.97. The van der Waals surface area contributed by atoms with Crippen molar-refractivity contribution in [1.29, 1.82) is 0 Å². The van der Waals surface area contributed by atoms with Gasteiger partial charge in [-0.25, -0.2) is 0 Å². The van der Waals surface area contributed by atoms with Crippen LogP contribution in [0.2, 0.25) is 5.02 Å². The molecule has 0 saturated carbocycles. The van der Waals surface area contributed by atoms with Crippen LogP contribution in [-0.2, 0) is 6.42 Å². The van der Waals surface area contributed by atoms with Crippen molar-refractivity contribution >= 4 is 11.6 Å². The molecule has 3 N–H and O–H groups in total. The summed E-state index contributed by atoms with van der Waals surface area (Å²) in [4.78, 5) is 4.55. The molecule has 1 heterocycles. The molecule has 2 unspecified atom stereocenters. The monoisotopic (exact) mass is 287 g/mol. The smallest absolute Gasteiger partial charge is 0.0544 e. The minimum Gasteiger partial charge on any atom is -0.271 e. The molecule has 1 aromatic carbocycles. The molecule has 3 rings (SSSR count). The molecule has 0 saturated heterocycles. The van der Waals surface area contributed by atoms with Crippen molar-refractivity contribution in [3.8, 4) is 0 Å². The van der Waals surface area contributed by atoms with Crippen LogP contribution in [0, 0.1) is 6.92 Å². The number of aromatic nitrogens is 1. The lowest BCUT2D eigenvalue weighted by molar-refractivity contribution is 0.447. The van der Waals surface area contributed by atoms with E-state index in [0.717, 1.165) is 34.7 Å². The van der Waals surface area contributed by atoms with Gasteiger partial charge in [0.15, 0.2) is 0 Å². The van der Waals surface area contributed by atoms with E-state index in [-0.39, 0.29) is 6.04 Å². The largest absolute Gasteiger partial charge is 0.271 e. The predicted molar refractivity (Wildman–Crippen MR) is 81.6 cm³/mol. The molecule has 1 aromatic heterocycles. The first-order valence-corrected chi connectivity index (χ1v) is 7.24. The van der Waals surface area contributed by atoms with Gasteiger partial charge in [0.25, 0.3) is 0 Å². The fourth-order valence-corrected chi connectivity index (χ4v) is 3.20. The molecule has 1 aliphatic carbocycles. The highest BCUT2D eigenvalue weighted by molar-refractivity contribution is 6.31. The maximum atomic E-state index is 6.24. The van der Waals surface area contributed by atoms with Gasteiger partial charge in [-0.2, -0.15) is 0 Å². The van der Waals surface area contributed by atoms with Gasteiger partial charge in [0.2, 0.25) is 0 Å². The van der Waals surface area contributed by atoms with Crippen LogP contribution in [0.1, 0.15) is 40.8 Å². The Hall–Kier alpha value is -1.42. The fourth-order valence-electron chi connectivity index (χ4n) is 3.02. The van der Waals surface area contributed by atoms with E-state index in [4.69, 9.17) is 17.4 Å². The van der Waals surface area contributed by atoms with Gasteiger partial charge in [0.05, 0.1) is 6.04 Å². The van der Waals surface area contributed by atoms with Crippen LogP contribution in [0.4, 0.5) is 0 Å². The Morgan fingerprint density at radius 1 is 1.40 bits per heavy atom. The normalized spacial score (nSPS) is 18.9. The number of benzene rings is 1. The van der Waals surface area contributed by atoms with E-state index in [2.05, 4.69) is 22.5 Å². The second-order valence-corrected chi connectivity index (χ2v) is 5.75. The van der Waals surface area contributed by atoms with E-state index in [1.165, 1.54) is 5.56 Å². The van der Waals surface area contributed by atoms with Gasteiger partial charge < -0.3 is 0 Å². The number of fused-ring (bicyclic) bond motifs is 1. The topological polar surface area (TPSA) is 50.9 Å². The minimum atomic E-state index is 0.0456. The third-order valence-electron chi connectivity index (χ3n) is 4.14. The fraction of sp³-hybridized carbons (Fsp3) is 0.312. The van der Waals surface area contributed by atoms with Gasteiger partial charge >= 0.3 is 0 Å². The first-order valence-electron chi connectivity index (χ1n) is 6.86. The summed E-state index contributed by atoms with van der Waals surface area (Å²) < 4.78 is 0. The Bertz CT molecular complexity index is 627. The number of rotatable bonds is 3. The van der Waals surface area contributed by atoms with Crippen LogP contribution in [0.5, 0.6) is 0 Å². The van der Waals surface area contributed by atoms with E-state index in [1.807, 2.05) is 31.3 Å². The molecule has 104 valence electrons. The van der Waals surface area contributed by atoms with E-state index in [1.54, 1.807) is 0 Å². The standard InChI is InChI=1S/C16H18ClN3/c1-10-4-5-12(9-14(10)17)16(20-18)13-7-6-11-3-2-8-19-15(11)13/h2-5,8-9,13,16,20H,6-7,18H2,1H3. The molecule has 2 aromatic rings. The summed E-state index contributed by atoms with van der Waals surface area (Å²) in [5.41, 5.74) is 7.64. The number of aryl methyl sites for hydroxylation is 2. The maximum Gasteiger partial charge on any atom is 0.0544 e. The Kier molecular flexibility index (Phi) is 3.74. The molecular weight excluding hydrogens is 270 g/mol. The lowest BCUT2D eigenvalue weighted by Gasteiger charge is -2.24. The summed E-state index contributed by atoms with van der Waals surface area (Å²) in [7, 11) is 0. The molecule has 0 spiro atoms. The van der Waals surface area contributed by atoms with Crippen molar-refractivity contribution in [2.45, 2.75) is 31.7 Å². The molecule has 0 bridgehead atoms. The molecule has 1 aliphatic rings. The van der Waals surface area contributed by atoms with E-state index >= 15 is 0 Å². The Morgan fingerprint density at radius 3 is 3.00 bits per heavy atom. The molecule has 0 fully saturated rings. The van der Waals surface area contributed by atoms with Crippen LogP contribution >= 0.6 is 11.6 Å². The summed E-state index contributed by atoms with van der Waals surface area (Å²) in [6.45, 7) is 2.00. The van der Waals surface area contributed by atoms with E-state index < -0.39 is 0 Å². The third-order valence-corrected chi connectivity index (χ3v) is 4.55. The number of halogens is 1. The number of hydrogen-bond acceptors (Lipinski definition) is 3. The summed E-state index contributed by atoms with van der Waals surface area (Å²) >= 11 is 6.24. The van der Waals surface area contributed by atoms with Crippen molar-refractivity contribution in [3.63, 3.8) is 0 Å². The highest BCUT2D eigenvalue weighted by Crippen LogP contribution is 2.40. The molecule has 4 heteroatoms. The molecule has 3 nitrogen and oxygen atoms in total. The molecule has 0 amide bonds. The van der Waals surface area contributed by atoms with Gasteiger partial charge in [-0.15, -0.1) is 0 Å². The maximum absolute atomic E-state index is 6.24. The van der Waals surface area contributed by atoms with Gasteiger partial charge in [-0.1, -0.05) is 29.8 Å². The number of nitrogens with two attached hydrogens (primary N) is 1.